The van der Waals surface area contributed by atoms with E-state index >= 15 is 0 Å². The summed E-state index contributed by atoms with van der Waals surface area (Å²) in [6.45, 7) is 2.16. The van der Waals surface area contributed by atoms with Gasteiger partial charge in [0.05, 0.1) is 6.54 Å². The van der Waals surface area contributed by atoms with Crippen molar-refractivity contribution in [3.63, 3.8) is 0 Å². The van der Waals surface area contributed by atoms with Crippen LogP contribution in [0.3, 0.4) is 0 Å². The molecule has 3 heterocycles. The summed E-state index contributed by atoms with van der Waals surface area (Å²) in [5.41, 5.74) is 2.94. The molecule has 1 aliphatic carbocycles. The number of nitrogens with zero attached hydrogens (tertiary/aromatic N) is 3. The number of hydrogen-bond acceptors (Lipinski definition) is 3. The Morgan fingerprint density at radius 1 is 1.22 bits per heavy atom. The highest BCUT2D eigenvalue weighted by Crippen LogP contribution is 2.41. The van der Waals surface area contributed by atoms with Gasteiger partial charge in [0.1, 0.15) is 5.76 Å². The Hall–Kier alpha value is -2.56. The van der Waals surface area contributed by atoms with E-state index in [1.165, 1.54) is 23.0 Å². The average molecular weight is 307 g/mol. The van der Waals surface area contributed by atoms with Gasteiger partial charge in [-0.25, -0.2) is 4.98 Å². The molecular formula is C18H17N3O2. The van der Waals surface area contributed by atoms with Crippen LogP contribution in [-0.2, 0) is 13.1 Å². The summed E-state index contributed by atoms with van der Waals surface area (Å²) >= 11 is 0. The van der Waals surface area contributed by atoms with Crippen molar-refractivity contribution in [1.29, 1.82) is 0 Å². The van der Waals surface area contributed by atoms with E-state index in [-0.39, 0.29) is 5.91 Å². The second-order valence-corrected chi connectivity index (χ2v) is 6.41. The van der Waals surface area contributed by atoms with E-state index in [1.807, 2.05) is 4.90 Å². The fourth-order valence-electron chi connectivity index (χ4n) is 3.53. The first-order valence-electron chi connectivity index (χ1n) is 8.11. The van der Waals surface area contributed by atoms with Crippen LogP contribution in [0.25, 0.3) is 10.9 Å². The van der Waals surface area contributed by atoms with Gasteiger partial charge < -0.3 is 13.9 Å². The third kappa shape index (κ3) is 2.00. The summed E-state index contributed by atoms with van der Waals surface area (Å²) < 4.78 is 7.76. The van der Waals surface area contributed by atoms with Crippen molar-refractivity contribution in [2.24, 2.45) is 0 Å². The largest absolute Gasteiger partial charge is 0.447 e. The van der Waals surface area contributed by atoms with Crippen molar-refractivity contribution in [3.8, 4) is 0 Å². The van der Waals surface area contributed by atoms with Crippen LogP contribution in [0.15, 0.2) is 41.1 Å². The second kappa shape index (κ2) is 4.72. The number of carbonyl (C=O) groups excluding carboxylic acids is 1. The van der Waals surface area contributed by atoms with Crippen molar-refractivity contribution in [2.75, 3.05) is 6.54 Å². The van der Waals surface area contributed by atoms with Crippen molar-refractivity contribution < 1.29 is 9.21 Å². The zero-order valence-corrected chi connectivity index (χ0v) is 12.7. The second-order valence-electron chi connectivity index (χ2n) is 6.41. The van der Waals surface area contributed by atoms with Gasteiger partial charge in [0.25, 0.3) is 5.91 Å². The maximum atomic E-state index is 12.8. The van der Waals surface area contributed by atoms with Crippen molar-refractivity contribution in [3.05, 3.63) is 53.9 Å². The molecule has 2 aliphatic rings. The number of aromatic nitrogens is 2. The SMILES string of the molecule is O=C(c1ncoc1C1CC1)N1CCn2c(cc3ccccc32)C1. The van der Waals surface area contributed by atoms with E-state index in [0.717, 1.165) is 25.1 Å². The molecule has 0 saturated heterocycles. The quantitative estimate of drug-likeness (QED) is 0.730. The zero-order chi connectivity index (χ0) is 15.4. The van der Waals surface area contributed by atoms with E-state index in [9.17, 15) is 4.79 Å². The molecular weight excluding hydrogens is 290 g/mol. The van der Waals surface area contributed by atoms with E-state index in [1.54, 1.807) is 0 Å². The molecule has 1 aliphatic heterocycles. The van der Waals surface area contributed by atoms with Gasteiger partial charge in [-0.15, -0.1) is 0 Å². The molecule has 0 N–H and O–H groups in total. The molecule has 1 amide bonds. The molecule has 3 aromatic rings. The molecule has 0 spiro atoms. The molecule has 0 radical (unpaired) electrons. The van der Waals surface area contributed by atoms with Crippen molar-refractivity contribution in [1.82, 2.24) is 14.5 Å². The van der Waals surface area contributed by atoms with Crippen LogP contribution in [0.5, 0.6) is 0 Å². The molecule has 2 aromatic heterocycles. The minimum Gasteiger partial charge on any atom is -0.447 e. The summed E-state index contributed by atoms with van der Waals surface area (Å²) in [4.78, 5) is 18.9. The Bertz CT molecular complexity index is 904. The molecule has 0 bridgehead atoms. The molecule has 0 atom stereocenters. The van der Waals surface area contributed by atoms with E-state index in [4.69, 9.17) is 4.42 Å². The normalized spacial score (nSPS) is 17.5. The third-order valence-electron chi connectivity index (χ3n) is 4.88. The van der Waals surface area contributed by atoms with Crippen LogP contribution in [0.4, 0.5) is 0 Å². The standard InChI is InChI=1S/C18H17N3O2/c22-18(16-17(12-5-6-12)23-11-19-16)20-7-8-21-14(10-20)9-13-3-1-2-4-15(13)21/h1-4,9,11-12H,5-8,10H2. The Balaban J connectivity index is 1.46. The summed E-state index contributed by atoms with van der Waals surface area (Å²) in [5, 5.41) is 1.23. The van der Waals surface area contributed by atoms with Crippen LogP contribution in [-0.4, -0.2) is 26.9 Å². The molecule has 23 heavy (non-hydrogen) atoms. The monoisotopic (exact) mass is 307 g/mol. The molecule has 5 heteroatoms. The van der Waals surface area contributed by atoms with Crippen LogP contribution in [0.1, 0.15) is 40.7 Å². The predicted octanol–water partition coefficient (Wildman–Crippen LogP) is 3.16. The van der Waals surface area contributed by atoms with E-state index in [0.29, 0.717) is 24.7 Å². The number of carbonyl (C=O) groups is 1. The van der Waals surface area contributed by atoms with Crippen molar-refractivity contribution >= 4 is 16.8 Å². The number of fused-ring (bicyclic) bond motifs is 3. The van der Waals surface area contributed by atoms with Gasteiger partial charge in [-0.3, -0.25) is 4.79 Å². The minimum absolute atomic E-state index is 0.00263. The maximum absolute atomic E-state index is 12.8. The average Bonchev–Trinajstić information content (AvgIpc) is 3.19. The molecule has 5 rings (SSSR count). The Morgan fingerprint density at radius 2 is 2.09 bits per heavy atom. The first kappa shape index (κ1) is 12.9. The number of benzene rings is 1. The zero-order valence-electron chi connectivity index (χ0n) is 12.7. The Kier molecular flexibility index (Phi) is 2.65. The first-order chi connectivity index (χ1) is 11.3. The minimum atomic E-state index is -0.00263. The molecule has 0 unspecified atom stereocenters. The summed E-state index contributed by atoms with van der Waals surface area (Å²) in [5.74, 6) is 1.17. The van der Waals surface area contributed by atoms with Gasteiger partial charge in [0.2, 0.25) is 0 Å². The number of amides is 1. The lowest BCUT2D eigenvalue weighted by Crippen LogP contribution is -2.38. The van der Waals surface area contributed by atoms with Gasteiger partial charge in [-0.05, 0) is 30.4 Å². The van der Waals surface area contributed by atoms with E-state index < -0.39 is 0 Å². The lowest BCUT2D eigenvalue weighted by atomic mass is 10.2. The van der Waals surface area contributed by atoms with Crippen LogP contribution < -0.4 is 0 Å². The lowest BCUT2D eigenvalue weighted by Gasteiger charge is -2.28. The molecule has 5 nitrogen and oxygen atoms in total. The third-order valence-corrected chi connectivity index (χ3v) is 4.88. The van der Waals surface area contributed by atoms with Gasteiger partial charge in [0.15, 0.2) is 12.1 Å². The highest BCUT2D eigenvalue weighted by atomic mass is 16.3. The highest BCUT2D eigenvalue weighted by Gasteiger charge is 2.34. The van der Waals surface area contributed by atoms with Crippen LogP contribution in [0.2, 0.25) is 0 Å². The Morgan fingerprint density at radius 3 is 2.96 bits per heavy atom. The molecule has 116 valence electrons. The summed E-state index contributed by atoms with van der Waals surface area (Å²) in [6.07, 6.45) is 3.61. The van der Waals surface area contributed by atoms with E-state index in [2.05, 4.69) is 39.9 Å². The predicted molar refractivity (Wildman–Crippen MR) is 85.2 cm³/mol. The number of hydrogen-bond donors (Lipinski definition) is 0. The maximum Gasteiger partial charge on any atom is 0.276 e. The van der Waals surface area contributed by atoms with Gasteiger partial charge in [0, 0.05) is 30.2 Å². The lowest BCUT2D eigenvalue weighted by molar-refractivity contribution is 0.0705. The number of rotatable bonds is 2. The van der Waals surface area contributed by atoms with Crippen molar-refractivity contribution in [2.45, 2.75) is 31.8 Å². The van der Waals surface area contributed by atoms with Crippen LogP contribution >= 0.6 is 0 Å². The molecule has 1 saturated carbocycles. The number of para-hydroxylation sites is 1. The highest BCUT2D eigenvalue weighted by molar-refractivity contribution is 5.93. The van der Waals surface area contributed by atoms with Crippen LogP contribution in [0, 0.1) is 0 Å². The first-order valence-corrected chi connectivity index (χ1v) is 8.11. The number of oxazole rings is 1. The van der Waals surface area contributed by atoms with Gasteiger partial charge in [-0.2, -0.15) is 0 Å². The van der Waals surface area contributed by atoms with Gasteiger partial charge >= 0.3 is 0 Å². The van der Waals surface area contributed by atoms with Gasteiger partial charge in [-0.1, -0.05) is 18.2 Å². The topological polar surface area (TPSA) is 51.3 Å². The molecule has 1 fully saturated rings. The molecule has 1 aromatic carbocycles. The fraction of sp³-hybridized carbons (Fsp3) is 0.333. The fourth-order valence-corrected chi connectivity index (χ4v) is 3.53. The summed E-state index contributed by atoms with van der Waals surface area (Å²) in [7, 11) is 0. The smallest absolute Gasteiger partial charge is 0.276 e. The Labute approximate surface area is 133 Å². The summed E-state index contributed by atoms with van der Waals surface area (Å²) in [6, 6.07) is 10.5.